The molecule has 0 radical (unpaired) electrons. The fourth-order valence-corrected chi connectivity index (χ4v) is 3.75. The zero-order valence-corrected chi connectivity index (χ0v) is 18.0. The number of hydrogen-bond acceptors (Lipinski definition) is 8. The van der Waals surface area contributed by atoms with E-state index < -0.39 is 23.4 Å². The second-order valence-corrected chi connectivity index (χ2v) is 7.89. The van der Waals surface area contributed by atoms with Gasteiger partial charge < -0.3 is 14.5 Å². The van der Waals surface area contributed by atoms with Crippen molar-refractivity contribution in [2.24, 2.45) is 0 Å². The maximum atomic E-state index is 12.8. The van der Waals surface area contributed by atoms with Crippen molar-refractivity contribution in [1.82, 2.24) is 25.9 Å². The standard InChI is InChI=1S/C21H19N5O5S/c1-21(13-8-4-3-5-9-13)18(28)26(19(29)22-21)25-16(27)12-32-20-24-23-17(31-20)14-10-6-7-11-15(14)30-2/h3-11H,12H2,1-2H3,(H,22,29)(H,25,27)/t21-/m1/s1. The Morgan fingerprint density at radius 2 is 1.88 bits per heavy atom. The molecule has 1 fully saturated rings. The molecule has 3 aromatic rings. The quantitative estimate of drug-likeness (QED) is 0.412. The predicted octanol–water partition coefficient (Wildman–Crippen LogP) is 2.34. The van der Waals surface area contributed by atoms with Crippen molar-refractivity contribution in [3.05, 3.63) is 60.2 Å². The highest BCUT2D eigenvalue weighted by molar-refractivity contribution is 7.99. The van der Waals surface area contributed by atoms with E-state index in [-0.39, 0.29) is 16.9 Å². The minimum absolute atomic E-state index is 0.146. The zero-order chi connectivity index (χ0) is 22.7. The summed E-state index contributed by atoms with van der Waals surface area (Å²) in [6.45, 7) is 1.58. The molecule has 1 atom stereocenters. The van der Waals surface area contributed by atoms with E-state index in [1.807, 2.05) is 18.2 Å². The van der Waals surface area contributed by atoms with Crippen LogP contribution < -0.4 is 15.5 Å². The van der Waals surface area contributed by atoms with Crippen LogP contribution in [0.2, 0.25) is 0 Å². The van der Waals surface area contributed by atoms with E-state index in [0.29, 0.717) is 21.9 Å². The third kappa shape index (κ3) is 4.02. The third-order valence-corrected chi connectivity index (χ3v) is 5.67. The van der Waals surface area contributed by atoms with Crippen LogP contribution >= 0.6 is 11.8 Å². The van der Waals surface area contributed by atoms with Crippen LogP contribution in [0.4, 0.5) is 4.79 Å². The molecule has 32 heavy (non-hydrogen) atoms. The Morgan fingerprint density at radius 1 is 1.16 bits per heavy atom. The fourth-order valence-electron chi connectivity index (χ4n) is 3.19. The van der Waals surface area contributed by atoms with Crippen LogP contribution in [-0.2, 0) is 15.1 Å². The number of imide groups is 1. The lowest BCUT2D eigenvalue weighted by Crippen LogP contribution is -2.48. The molecule has 0 bridgehead atoms. The summed E-state index contributed by atoms with van der Waals surface area (Å²) in [7, 11) is 1.54. The molecule has 1 saturated heterocycles. The molecule has 1 aromatic heterocycles. The maximum absolute atomic E-state index is 12.8. The first-order chi connectivity index (χ1) is 15.4. The van der Waals surface area contributed by atoms with Crippen molar-refractivity contribution in [2.45, 2.75) is 17.7 Å². The molecule has 164 valence electrons. The van der Waals surface area contributed by atoms with E-state index in [1.165, 1.54) is 7.11 Å². The number of carbonyl (C=O) groups excluding carboxylic acids is 3. The van der Waals surface area contributed by atoms with E-state index in [1.54, 1.807) is 43.3 Å². The van der Waals surface area contributed by atoms with E-state index >= 15 is 0 Å². The SMILES string of the molecule is COc1ccccc1-c1nnc(SCC(=O)NN2C(=O)N[C@](C)(c3ccccc3)C2=O)o1. The van der Waals surface area contributed by atoms with Gasteiger partial charge in [-0.25, -0.2) is 4.79 Å². The molecule has 1 aliphatic heterocycles. The third-order valence-electron chi connectivity index (χ3n) is 4.85. The van der Waals surface area contributed by atoms with Gasteiger partial charge in [-0.2, -0.15) is 5.01 Å². The molecule has 4 rings (SSSR count). The minimum atomic E-state index is -1.27. The Hall–Kier alpha value is -3.86. The number of methoxy groups -OCH3 is 1. The largest absolute Gasteiger partial charge is 0.496 e. The van der Waals surface area contributed by atoms with Gasteiger partial charge in [-0.1, -0.05) is 54.2 Å². The molecule has 2 heterocycles. The summed E-state index contributed by atoms with van der Waals surface area (Å²) in [5, 5.41) is 11.4. The number of urea groups is 1. The molecule has 0 spiro atoms. The van der Waals surface area contributed by atoms with Gasteiger partial charge in [0.05, 0.1) is 18.4 Å². The van der Waals surface area contributed by atoms with Crippen LogP contribution in [0.3, 0.4) is 0 Å². The number of hydrazine groups is 1. The minimum Gasteiger partial charge on any atom is -0.496 e. The smallest absolute Gasteiger partial charge is 0.344 e. The number of nitrogens with zero attached hydrogens (tertiary/aromatic N) is 3. The topological polar surface area (TPSA) is 127 Å². The van der Waals surface area contributed by atoms with Crippen LogP contribution in [-0.4, -0.2) is 45.9 Å². The number of benzene rings is 2. The summed E-state index contributed by atoms with van der Waals surface area (Å²) in [6.07, 6.45) is 0. The number of thioether (sulfide) groups is 1. The van der Waals surface area contributed by atoms with Gasteiger partial charge in [-0.15, -0.1) is 10.2 Å². The van der Waals surface area contributed by atoms with E-state index in [9.17, 15) is 14.4 Å². The van der Waals surface area contributed by atoms with Gasteiger partial charge in [0.15, 0.2) is 0 Å². The molecular formula is C21H19N5O5S. The molecule has 0 unspecified atom stereocenters. The second-order valence-electron chi connectivity index (χ2n) is 6.96. The number of nitrogens with one attached hydrogen (secondary N) is 2. The van der Waals surface area contributed by atoms with Gasteiger partial charge in [0.1, 0.15) is 11.3 Å². The van der Waals surface area contributed by atoms with Crippen molar-refractivity contribution in [3.63, 3.8) is 0 Å². The van der Waals surface area contributed by atoms with E-state index in [2.05, 4.69) is 20.9 Å². The fraction of sp³-hybridized carbons (Fsp3) is 0.190. The van der Waals surface area contributed by atoms with Crippen LogP contribution in [0.1, 0.15) is 12.5 Å². The van der Waals surface area contributed by atoms with Crippen molar-refractivity contribution in [3.8, 4) is 17.2 Å². The van der Waals surface area contributed by atoms with Crippen molar-refractivity contribution < 1.29 is 23.5 Å². The molecular weight excluding hydrogens is 434 g/mol. The van der Waals surface area contributed by atoms with Crippen molar-refractivity contribution in [2.75, 3.05) is 12.9 Å². The second kappa shape index (κ2) is 8.71. The van der Waals surface area contributed by atoms with Gasteiger partial charge in [0.2, 0.25) is 5.91 Å². The average Bonchev–Trinajstić information content (AvgIpc) is 3.37. The lowest BCUT2D eigenvalue weighted by atomic mass is 9.92. The number of carbonyl (C=O) groups is 3. The summed E-state index contributed by atoms with van der Waals surface area (Å²) in [6, 6.07) is 15.3. The van der Waals surface area contributed by atoms with Crippen LogP contribution in [0.15, 0.2) is 64.2 Å². The molecule has 1 aliphatic rings. The lowest BCUT2D eigenvalue weighted by Gasteiger charge is -2.22. The first-order valence-electron chi connectivity index (χ1n) is 9.54. The number of para-hydroxylation sites is 1. The number of rotatable bonds is 7. The summed E-state index contributed by atoms with van der Waals surface area (Å²) in [4.78, 5) is 37.5. The maximum Gasteiger partial charge on any atom is 0.344 e. The Bertz CT molecular complexity index is 1170. The highest BCUT2D eigenvalue weighted by Crippen LogP contribution is 2.30. The van der Waals surface area contributed by atoms with Gasteiger partial charge >= 0.3 is 6.03 Å². The monoisotopic (exact) mass is 453 g/mol. The Labute approximate surface area is 187 Å². The molecule has 0 saturated carbocycles. The van der Waals surface area contributed by atoms with Gasteiger partial charge in [0, 0.05) is 0 Å². The molecule has 0 aliphatic carbocycles. The van der Waals surface area contributed by atoms with Gasteiger partial charge in [0.25, 0.3) is 17.0 Å². The number of aromatic nitrogens is 2. The molecule has 2 N–H and O–H groups in total. The van der Waals surface area contributed by atoms with Crippen LogP contribution in [0.25, 0.3) is 11.5 Å². The normalized spacial score (nSPS) is 17.9. The molecule has 2 aromatic carbocycles. The highest BCUT2D eigenvalue weighted by Gasteiger charge is 2.49. The summed E-state index contributed by atoms with van der Waals surface area (Å²) >= 11 is 0.977. The van der Waals surface area contributed by atoms with Crippen LogP contribution in [0, 0.1) is 0 Å². The summed E-state index contributed by atoms with van der Waals surface area (Å²) in [5.41, 5.74) is 2.30. The Balaban J connectivity index is 1.38. The Kier molecular flexibility index (Phi) is 5.82. The number of ether oxygens (including phenoxy) is 1. The van der Waals surface area contributed by atoms with Crippen molar-refractivity contribution >= 4 is 29.6 Å². The van der Waals surface area contributed by atoms with Crippen molar-refractivity contribution in [1.29, 1.82) is 0 Å². The average molecular weight is 453 g/mol. The molecule has 4 amide bonds. The first-order valence-corrected chi connectivity index (χ1v) is 10.5. The highest BCUT2D eigenvalue weighted by atomic mass is 32.2. The number of hydrogen-bond donors (Lipinski definition) is 2. The molecule has 10 nitrogen and oxygen atoms in total. The molecule has 11 heteroatoms. The van der Waals surface area contributed by atoms with Gasteiger partial charge in [-0.3, -0.25) is 15.0 Å². The summed E-state index contributed by atoms with van der Waals surface area (Å²) < 4.78 is 10.9. The summed E-state index contributed by atoms with van der Waals surface area (Å²) in [5.74, 6) is -0.480. The van der Waals surface area contributed by atoms with E-state index in [0.717, 1.165) is 11.8 Å². The van der Waals surface area contributed by atoms with Gasteiger partial charge in [-0.05, 0) is 24.6 Å². The van der Waals surface area contributed by atoms with Crippen LogP contribution in [0.5, 0.6) is 5.75 Å². The number of amides is 4. The predicted molar refractivity (Wildman–Crippen MR) is 114 cm³/mol. The zero-order valence-electron chi connectivity index (χ0n) is 17.2. The van der Waals surface area contributed by atoms with E-state index in [4.69, 9.17) is 9.15 Å². The lowest BCUT2D eigenvalue weighted by molar-refractivity contribution is -0.138. The first kappa shape index (κ1) is 21.4. The Morgan fingerprint density at radius 3 is 2.62 bits per heavy atom.